The van der Waals surface area contributed by atoms with E-state index in [1.54, 1.807) is 0 Å². The van der Waals surface area contributed by atoms with Crippen LogP contribution >= 0.6 is 0 Å². The lowest BCUT2D eigenvalue weighted by Crippen LogP contribution is -2.29. The molecule has 0 heterocycles. The van der Waals surface area contributed by atoms with Gasteiger partial charge in [0.1, 0.15) is 0 Å². The largest absolute Gasteiger partial charge is 0.387 e. The van der Waals surface area contributed by atoms with Gasteiger partial charge in [0, 0.05) is 24.2 Å². The molecule has 0 radical (unpaired) electrons. The first kappa shape index (κ1) is 10.5. The average molecular weight is 156 g/mol. The zero-order valence-corrected chi connectivity index (χ0v) is 8.12. The van der Waals surface area contributed by atoms with Crippen LogP contribution in [-0.2, 0) is 0 Å². The molecule has 11 heavy (non-hydrogen) atoms. The molecule has 2 heteroatoms. The molecule has 0 rings (SSSR count). The van der Waals surface area contributed by atoms with Crippen LogP contribution in [0.1, 0.15) is 20.8 Å². The van der Waals surface area contributed by atoms with Crippen molar-refractivity contribution in [2.45, 2.75) is 20.8 Å². The lowest BCUT2D eigenvalue weighted by Gasteiger charge is -2.23. The maximum Gasteiger partial charge on any atom is 0.0269 e. The molecular weight excluding hydrogens is 136 g/mol. The molecule has 0 fully saturated rings. The van der Waals surface area contributed by atoms with Gasteiger partial charge in [0.05, 0.1) is 0 Å². The van der Waals surface area contributed by atoms with Gasteiger partial charge in [-0.05, 0) is 7.05 Å². The van der Waals surface area contributed by atoms with Crippen molar-refractivity contribution < 1.29 is 0 Å². The second-order valence-electron chi connectivity index (χ2n) is 3.76. The summed E-state index contributed by atoms with van der Waals surface area (Å²) in [6, 6.07) is 0. The molecule has 0 atom stereocenters. The number of rotatable bonds is 4. The Morgan fingerprint density at radius 2 is 1.82 bits per heavy atom. The number of hydrogen-bond acceptors (Lipinski definition) is 2. The van der Waals surface area contributed by atoms with Crippen LogP contribution < -0.4 is 10.6 Å². The van der Waals surface area contributed by atoms with Crippen LogP contribution in [0.3, 0.4) is 0 Å². The minimum Gasteiger partial charge on any atom is -0.387 e. The molecular formula is C9H20N2. The summed E-state index contributed by atoms with van der Waals surface area (Å²) in [7, 11) is 1.95. The fourth-order valence-corrected chi connectivity index (χ4v) is 0.604. The third-order valence-electron chi connectivity index (χ3n) is 1.62. The van der Waals surface area contributed by atoms with E-state index in [1.165, 1.54) is 0 Å². The van der Waals surface area contributed by atoms with Crippen molar-refractivity contribution in [1.29, 1.82) is 0 Å². The highest BCUT2D eigenvalue weighted by Crippen LogP contribution is 2.20. The summed E-state index contributed by atoms with van der Waals surface area (Å²) in [6.45, 7) is 12.4. The molecule has 0 saturated heterocycles. The third-order valence-corrected chi connectivity index (χ3v) is 1.62. The molecule has 0 amide bonds. The SMILES string of the molecule is C=C(NCCNC)C(C)(C)C. The number of likely N-dealkylation sites (N-methyl/N-ethyl adjacent to an activating group) is 1. The van der Waals surface area contributed by atoms with Crippen molar-refractivity contribution in [2.75, 3.05) is 20.1 Å². The Labute approximate surface area is 70.1 Å². The second kappa shape index (κ2) is 4.39. The molecule has 2 nitrogen and oxygen atoms in total. The van der Waals surface area contributed by atoms with Crippen molar-refractivity contribution in [2.24, 2.45) is 5.41 Å². The molecule has 0 aliphatic carbocycles. The molecule has 0 unspecified atom stereocenters. The Morgan fingerprint density at radius 3 is 2.18 bits per heavy atom. The van der Waals surface area contributed by atoms with Crippen LogP contribution in [0, 0.1) is 5.41 Å². The maximum atomic E-state index is 3.96. The van der Waals surface area contributed by atoms with Gasteiger partial charge < -0.3 is 10.6 Å². The average Bonchev–Trinajstić information content (AvgIpc) is 1.86. The van der Waals surface area contributed by atoms with E-state index < -0.39 is 0 Å². The van der Waals surface area contributed by atoms with E-state index in [9.17, 15) is 0 Å². The van der Waals surface area contributed by atoms with E-state index >= 15 is 0 Å². The molecule has 2 N–H and O–H groups in total. The smallest absolute Gasteiger partial charge is 0.0269 e. The second-order valence-corrected chi connectivity index (χ2v) is 3.76. The van der Waals surface area contributed by atoms with Gasteiger partial charge in [0.25, 0.3) is 0 Å². The van der Waals surface area contributed by atoms with E-state index in [1.807, 2.05) is 7.05 Å². The predicted octanol–water partition coefficient (Wildman–Crippen LogP) is 1.36. The van der Waals surface area contributed by atoms with Crippen LogP contribution in [0.4, 0.5) is 0 Å². The Kier molecular flexibility index (Phi) is 4.19. The van der Waals surface area contributed by atoms with E-state index in [2.05, 4.69) is 38.0 Å². The number of hydrogen-bond donors (Lipinski definition) is 2. The van der Waals surface area contributed by atoms with Crippen molar-refractivity contribution in [3.05, 3.63) is 12.3 Å². The molecule has 0 aliphatic rings. The highest BCUT2D eigenvalue weighted by Gasteiger charge is 2.13. The lowest BCUT2D eigenvalue weighted by molar-refractivity contribution is 0.461. The van der Waals surface area contributed by atoms with Crippen LogP contribution in [0.25, 0.3) is 0 Å². The van der Waals surface area contributed by atoms with Gasteiger partial charge in [0.2, 0.25) is 0 Å². The highest BCUT2D eigenvalue weighted by atomic mass is 14.9. The van der Waals surface area contributed by atoms with E-state index in [0.717, 1.165) is 18.8 Å². The first-order chi connectivity index (χ1) is 4.98. The van der Waals surface area contributed by atoms with Gasteiger partial charge in [0.15, 0.2) is 0 Å². The van der Waals surface area contributed by atoms with Crippen LogP contribution in [0.15, 0.2) is 12.3 Å². The molecule has 0 aromatic rings. The van der Waals surface area contributed by atoms with Crippen molar-refractivity contribution in [3.63, 3.8) is 0 Å². The Morgan fingerprint density at radius 1 is 1.27 bits per heavy atom. The van der Waals surface area contributed by atoms with Gasteiger partial charge in [-0.1, -0.05) is 27.4 Å². The van der Waals surface area contributed by atoms with E-state index in [4.69, 9.17) is 0 Å². The summed E-state index contributed by atoms with van der Waals surface area (Å²) in [6.07, 6.45) is 0. The molecule has 0 saturated carbocycles. The van der Waals surface area contributed by atoms with Gasteiger partial charge >= 0.3 is 0 Å². The first-order valence-corrected chi connectivity index (χ1v) is 4.06. The van der Waals surface area contributed by atoms with Gasteiger partial charge in [-0.25, -0.2) is 0 Å². The molecule has 0 spiro atoms. The maximum absolute atomic E-state index is 3.96. The fourth-order valence-electron chi connectivity index (χ4n) is 0.604. The number of allylic oxidation sites excluding steroid dienone is 1. The minimum atomic E-state index is 0.174. The highest BCUT2D eigenvalue weighted by molar-refractivity contribution is 5.02. The third kappa shape index (κ3) is 4.85. The zero-order valence-electron chi connectivity index (χ0n) is 8.12. The van der Waals surface area contributed by atoms with Gasteiger partial charge in [-0.2, -0.15) is 0 Å². The molecule has 0 bridgehead atoms. The summed E-state index contributed by atoms with van der Waals surface area (Å²) >= 11 is 0. The van der Waals surface area contributed by atoms with Crippen molar-refractivity contribution in [3.8, 4) is 0 Å². The summed E-state index contributed by atoms with van der Waals surface area (Å²) in [5.74, 6) is 0. The minimum absolute atomic E-state index is 0.174. The first-order valence-electron chi connectivity index (χ1n) is 4.06. The Hall–Kier alpha value is -0.500. The summed E-state index contributed by atoms with van der Waals surface area (Å²) in [5.41, 5.74) is 1.28. The molecule has 0 aromatic heterocycles. The molecule has 0 aliphatic heterocycles. The summed E-state index contributed by atoms with van der Waals surface area (Å²) in [4.78, 5) is 0. The van der Waals surface area contributed by atoms with Crippen LogP contribution in [0.2, 0.25) is 0 Å². The van der Waals surface area contributed by atoms with Crippen LogP contribution in [0.5, 0.6) is 0 Å². The standard InChI is InChI=1S/C9H20N2/c1-8(9(2,3)4)11-7-6-10-5/h10-11H,1,6-7H2,2-5H3. The fraction of sp³-hybridized carbons (Fsp3) is 0.778. The quantitative estimate of drug-likeness (QED) is 0.600. The lowest BCUT2D eigenvalue weighted by atomic mass is 9.93. The Bertz CT molecular complexity index is 122. The molecule has 66 valence electrons. The van der Waals surface area contributed by atoms with E-state index in [0.29, 0.717) is 0 Å². The Balaban J connectivity index is 3.54. The zero-order chi connectivity index (χ0) is 8.91. The van der Waals surface area contributed by atoms with E-state index in [-0.39, 0.29) is 5.41 Å². The van der Waals surface area contributed by atoms with Gasteiger partial charge in [-0.3, -0.25) is 0 Å². The van der Waals surface area contributed by atoms with Crippen molar-refractivity contribution >= 4 is 0 Å². The number of nitrogens with one attached hydrogen (secondary N) is 2. The van der Waals surface area contributed by atoms with Crippen molar-refractivity contribution in [1.82, 2.24) is 10.6 Å². The topological polar surface area (TPSA) is 24.1 Å². The normalized spacial score (nSPS) is 11.3. The summed E-state index contributed by atoms with van der Waals surface area (Å²) in [5, 5.41) is 6.34. The van der Waals surface area contributed by atoms with Gasteiger partial charge in [-0.15, -0.1) is 0 Å². The summed E-state index contributed by atoms with van der Waals surface area (Å²) < 4.78 is 0. The monoisotopic (exact) mass is 156 g/mol. The molecule has 0 aromatic carbocycles. The predicted molar refractivity (Wildman–Crippen MR) is 50.5 cm³/mol. The van der Waals surface area contributed by atoms with Crippen LogP contribution in [-0.4, -0.2) is 20.1 Å².